The van der Waals surface area contributed by atoms with Crippen LogP contribution in [0.5, 0.6) is 0 Å². The van der Waals surface area contributed by atoms with Gasteiger partial charge in [-0.05, 0) is 87.0 Å². The van der Waals surface area contributed by atoms with E-state index in [-0.39, 0.29) is 0 Å². The Kier molecular flexibility index (Phi) is 4.88. The zero-order valence-electron chi connectivity index (χ0n) is 22.4. The zero-order chi connectivity index (χ0) is 27.8. The number of halogens is 1. The van der Waals surface area contributed by atoms with Crippen molar-refractivity contribution in [1.29, 1.82) is 0 Å². The third kappa shape index (κ3) is 3.09. The van der Waals surface area contributed by atoms with Crippen LogP contribution < -0.4 is 0 Å². The maximum absolute atomic E-state index is 6.25. The van der Waals surface area contributed by atoms with Crippen molar-refractivity contribution in [2.24, 2.45) is 0 Å². The van der Waals surface area contributed by atoms with Crippen LogP contribution in [0.25, 0.3) is 55.8 Å². The number of benzene rings is 4. The van der Waals surface area contributed by atoms with Gasteiger partial charge in [-0.3, -0.25) is 9.97 Å². The van der Waals surface area contributed by atoms with Crippen LogP contribution in [0.2, 0.25) is 5.02 Å². The molecule has 42 heavy (non-hydrogen) atoms. The first-order valence-corrected chi connectivity index (χ1v) is 14.4. The number of para-hydroxylation sites is 1. The molecule has 0 aliphatic heterocycles. The number of rotatable bonds is 2. The summed E-state index contributed by atoms with van der Waals surface area (Å²) in [5.74, 6) is 0. The molecule has 0 N–H and O–H groups in total. The minimum absolute atomic E-state index is 0.495. The molecule has 0 fully saturated rings. The average Bonchev–Trinajstić information content (AvgIpc) is 3.52. The highest BCUT2D eigenvalue weighted by Crippen LogP contribution is 2.62. The van der Waals surface area contributed by atoms with Crippen LogP contribution in [-0.2, 0) is 5.41 Å². The van der Waals surface area contributed by atoms with Crippen LogP contribution in [-0.4, -0.2) is 15.0 Å². The summed E-state index contributed by atoms with van der Waals surface area (Å²) < 4.78 is 0. The molecule has 0 atom stereocenters. The second-order valence-corrected chi connectivity index (χ2v) is 11.4. The van der Waals surface area contributed by atoms with E-state index in [0.29, 0.717) is 0 Å². The van der Waals surface area contributed by atoms with Crippen molar-refractivity contribution in [2.75, 3.05) is 0 Å². The third-order valence-electron chi connectivity index (χ3n) is 8.86. The summed E-state index contributed by atoms with van der Waals surface area (Å²) in [4.78, 5) is 14.9. The molecule has 2 aliphatic rings. The maximum atomic E-state index is 6.25. The highest BCUT2D eigenvalue weighted by molar-refractivity contribution is 6.30. The Hall–Kier alpha value is -5.12. The fraction of sp³-hybridized carbons (Fsp3) is 0.0263. The van der Waals surface area contributed by atoms with E-state index in [2.05, 4.69) is 91.0 Å². The number of hydrogen-bond donors (Lipinski definition) is 0. The molecule has 0 amide bonds. The summed E-state index contributed by atoms with van der Waals surface area (Å²) in [5, 5.41) is 1.84. The highest BCUT2D eigenvalue weighted by Gasteiger charge is 2.52. The number of nitrogens with zero attached hydrogens (tertiary/aromatic N) is 3. The van der Waals surface area contributed by atoms with Gasteiger partial charge in [0.2, 0.25) is 0 Å². The van der Waals surface area contributed by atoms with Crippen LogP contribution in [0.1, 0.15) is 22.3 Å². The summed E-state index contributed by atoms with van der Waals surface area (Å²) in [5.41, 5.74) is 14.0. The van der Waals surface area contributed by atoms with E-state index in [1.165, 1.54) is 33.4 Å². The van der Waals surface area contributed by atoms with Crippen molar-refractivity contribution in [1.82, 2.24) is 15.0 Å². The smallest absolute Gasteiger partial charge is 0.0937 e. The first-order valence-electron chi connectivity index (χ1n) is 14.1. The van der Waals surface area contributed by atoms with Gasteiger partial charge in [-0.15, -0.1) is 0 Å². The molecule has 3 nitrogen and oxygen atoms in total. The van der Waals surface area contributed by atoms with E-state index in [1.54, 1.807) is 0 Å². The Morgan fingerprint density at radius 1 is 0.500 bits per heavy atom. The lowest BCUT2D eigenvalue weighted by Gasteiger charge is -2.30. The molecule has 9 rings (SSSR count). The van der Waals surface area contributed by atoms with Crippen LogP contribution >= 0.6 is 11.6 Å². The normalized spacial score (nSPS) is 13.5. The van der Waals surface area contributed by atoms with Crippen LogP contribution in [0.15, 0.2) is 134 Å². The van der Waals surface area contributed by atoms with E-state index in [9.17, 15) is 0 Å². The molecule has 0 saturated carbocycles. The third-order valence-corrected chi connectivity index (χ3v) is 9.11. The molecule has 4 heteroatoms. The lowest BCUT2D eigenvalue weighted by atomic mass is 9.71. The predicted molar refractivity (Wildman–Crippen MR) is 170 cm³/mol. The topological polar surface area (TPSA) is 38.7 Å². The van der Waals surface area contributed by atoms with Crippen molar-refractivity contribution < 1.29 is 0 Å². The van der Waals surface area contributed by atoms with Crippen molar-refractivity contribution in [3.63, 3.8) is 0 Å². The first kappa shape index (κ1) is 23.6. The summed E-state index contributed by atoms with van der Waals surface area (Å²) >= 11 is 6.25. The second-order valence-electron chi connectivity index (χ2n) is 10.9. The zero-order valence-corrected chi connectivity index (χ0v) is 23.2. The van der Waals surface area contributed by atoms with Crippen LogP contribution in [0.3, 0.4) is 0 Å². The van der Waals surface area contributed by atoms with E-state index in [1.807, 2.05) is 42.7 Å². The van der Waals surface area contributed by atoms with E-state index in [0.717, 1.165) is 49.7 Å². The Morgan fingerprint density at radius 2 is 1.14 bits per heavy atom. The molecule has 0 unspecified atom stereocenters. The van der Waals surface area contributed by atoms with Gasteiger partial charge in [0.25, 0.3) is 0 Å². The molecular formula is C38H22ClN3. The minimum atomic E-state index is -0.495. The fourth-order valence-electron chi connectivity index (χ4n) is 7.15. The Balaban J connectivity index is 1.34. The standard InChI is InChI=1S/C38H22ClN3/c39-25-16-13-23(14-17-25)29-22-35(42-34-12-4-2-8-28(29)34)24-15-18-27-26-7-1-3-9-30(26)38(33(27)21-24)31-10-5-19-40-36(31)37-32(38)11-6-20-41-37/h1-22H. The van der Waals surface area contributed by atoms with E-state index >= 15 is 0 Å². The summed E-state index contributed by atoms with van der Waals surface area (Å²) in [7, 11) is 0. The monoisotopic (exact) mass is 555 g/mol. The molecule has 4 aromatic carbocycles. The van der Waals surface area contributed by atoms with Gasteiger partial charge in [0.15, 0.2) is 0 Å². The molecular weight excluding hydrogens is 534 g/mol. The van der Waals surface area contributed by atoms with Crippen molar-refractivity contribution >= 4 is 22.5 Å². The SMILES string of the molecule is Clc1ccc(-c2cc(-c3ccc4c(c3)C3(c5ccccc5-4)c4cccnc4-c4ncccc43)nc3ccccc23)cc1. The molecule has 3 aromatic heterocycles. The van der Waals surface area contributed by atoms with Crippen molar-refractivity contribution in [3.8, 4) is 44.9 Å². The van der Waals surface area contributed by atoms with Gasteiger partial charge in [0.1, 0.15) is 0 Å². The van der Waals surface area contributed by atoms with Gasteiger partial charge >= 0.3 is 0 Å². The summed E-state index contributed by atoms with van der Waals surface area (Å²) in [6, 6.07) is 42.7. The van der Waals surface area contributed by atoms with Crippen LogP contribution in [0.4, 0.5) is 0 Å². The molecule has 3 heterocycles. The van der Waals surface area contributed by atoms with Crippen LogP contribution in [0, 0.1) is 0 Å². The molecule has 0 bridgehead atoms. The molecule has 7 aromatic rings. The number of fused-ring (bicyclic) bond motifs is 11. The number of hydrogen-bond acceptors (Lipinski definition) is 3. The Morgan fingerprint density at radius 3 is 1.93 bits per heavy atom. The van der Waals surface area contributed by atoms with Gasteiger partial charge < -0.3 is 0 Å². The van der Waals surface area contributed by atoms with Gasteiger partial charge in [-0.25, -0.2) is 4.98 Å². The fourth-order valence-corrected chi connectivity index (χ4v) is 7.27. The van der Waals surface area contributed by atoms with Gasteiger partial charge in [-0.2, -0.15) is 0 Å². The highest BCUT2D eigenvalue weighted by atomic mass is 35.5. The average molecular weight is 556 g/mol. The number of aromatic nitrogens is 3. The molecule has 1 spiro atoms. The lowest BCUT2D eigenvalue weighted by molar-refractivity contribution is 0.789. The van der Waals surface area contributed by atoms with E-state index in [4.69, 9.17) is 26.6 Å². The molecule has 0 radical (unpaired) electrons. The van der Waals surface area contributed by atoms with Gasteiger partial charge in [0.05, 0.1) is 28.0 Å². The molecule has 0 saturated heterocycles. The summed E-state index contributed by atoms with van der Waals surface area (Å²) in [6.45, 7) is 0. The molecule has 196 valence electrons. The number of pyridine rings is 3. The molecule has 2 aliphatic carbocycles. The quantitative estimate of drug-likeness (QED) is 0.213. The Bertz CT molecular complexity index is 2150. The Labute approximate surface area is 248 Å². The van der Waals surface area contributed by atoms with Crippen molar-refractivity contribution in [2.45, 2.75) is 5.41 Å². The minimum Gasteiger partial charge on any atom is -0.254 e. The predicted octanol–water partition coefficient (Wildman–Crippen LogP) is 9.36. The lowest BCUT2D eigenvalue weighted by Crippen LogP contribution is -2.26. The van der Waals surface area contributed by atoms with Gasteiger partial charge in [0, 0.05) is 28.4 Å². The van der Waals surface area contributed by atoms with Gasteiger partial charge in [-0.1, -0.05) is 90.5 Å². The van der Waals surface area contributed by atoms with E-state index < -0.39 is 5.41 Å². The maximum Gasteiger partial charge on any atom is 0.0937 e. The summed E-state index contributed by atoms with van der Waals surface area (Å²) in [6.07, 6.45) is 3.73. The first-order chi connectivity index (χ1) is 20.7. The largest absolute Gasteiger partial charge is 0.254 e. The van der Waals surface area contributed by atoms with Crippen molar-refractivity contribution in [3.05, 3.63) is 161 Å². The second kappa shape index (κ2) is 8.69.